The van der Waals surface area contributed by atoms with Crippen molar-refractivity contribution in [2.45, 2.75) is 13.1 Å². The number of hydrogen-bond acceptors (Lipinski definition) is 2. The van der Waals surface area contributed by atoms with Gasteiger partial charge in [0.25, 0.3) is 0 Å². The summed E-state index contributed by atoms with van der Waals surface area (Å²) in [6, 6.07) is 10.8. The molecular weight excluding hydrogens is 425 g/mol. The topological polar surface area (TPSA) is 44.6 Å². The molecule has 25 heavy (non-hydrogen) atoms. The van der Waals surface area contributed by atoms with Crippen molar-refractivity contribution in [3.05, 3.63) is 66.0 Å². The summed E-state index contributed by atoms with van der Waals surface area (Å²) >= 11 is 0. The summed E-state index contributed by atoms with van der Waals surface area (Å²) in [6.45, 7) is 3.54. The van der Waals surface area contributed by atoms with Crippen LogP contribution < -0.4 is 15.5 Å². The molecule has 2 heterocycles. The molecule has 0 unspecified atom stereocenters. The van der Waals surface area contributed by atoms with Crippen LogP contribution in [0.4, 0.5) is 5.69 Å². The Morgan fingerprint density at radius 1 is 1.00 bits per heavy atom. The average molecular weight is 451 g/mol. The number of aliphatic imine (C=N–C) groups is 1. The average Bonchev–Trinajstić information content (AvgIpc) is 3.27. The van der Waals surface area contributed by atoms with E-state index >= 15 is 0 Å². The summed E-state index contributed by atoms with van der Waals surface area (Å²) in [4.78, 5) is 6.62. The molecule has 6 heteroatoms. The normalized spacial score (nSPS) is 13.7. The fourth-order valence-electron chi connectivity index (χ4n) is 2.77. The number of hydrogen-bond donors (Lipinski definition) is 2. The van der Waals surface area contributed by atoms with Crippen LogP contribution in [-0.2, 0) is 20.1 Å². The number of nitrogens with one attached hydrogen (secondary N) is 2. The predicted molar refractivity (Wildman–Crippen MR) is 116 cm³/mol. The molecule has 2 aromatic rings. The molecule has 1 aromatic carbocycles. The van der Waals surface area contributed by atoms with E-state index in [1.807, 2.05) is 17.8 Å². The lowest BCUT2D eigenvalue weighted by molar-refractivity contribution is 0.806. The van der Waals surface area contributed by atoms with E-state index in [0.29, 0.717) is 0 Å². The molecule has 0 amide bonds. The third-order valence-electron chi connectivity index (χ3n) is 4.16. The monoisotopic (exact) mass is 451 g/mol. The Hall–Kier alpha value is -1.96. The third kappa shape index (κ3) is 5.52. The molecule has 0 radical (unpaired) electrons. The molecule has 0 aliphatic carbocycles. The number of rotatable bonds is 5. The third-order valence-corrected chi connectivity index (χ3v) is 4.16. The molecule has 0 spiro atoms. The van der Waals surface area contributed by atoms with Crippen molar-refractivity contribution in [3.8, 4) is 0 Å². The summed E-state index contributed by atoms with van der Waals surface area (Å²) in [6.07, 6.45) is 8.56. The number of halogens is 1. The highest BCUT2D eigenvalue weighted by Gasteiger charge is 2.07. The fraction of sp³-hybridized carbons (Fsp3) is 0.316. The second-order valence-corrected chi connectivity index (χ2v) is 6.01. The number of guanidine groups is 1. The summed E-state index contributed by atoms with van der Waals surface area (Å²) in [5, 5.41) is 6.69. The van der Waals surface area contributed by atoms with Crippen molar-refractivity contribution in [3.63, 3.8) is 0 Å². The number of anilines is 1. The van der Waals surface area contributed by atoms with Gasteiger partial charge in [0.1, 0.15) is 0 Å². The van der Waals surface area contributed by atoms with Crippen LogP contribution in [-0.4, -0.2) is 30.7 Å². The minimum absolute atomic E-state index is 0. The van der Waals surface area contributed by atoms with Gasteiger partial charge in [-0.15, -0.1) is 24.0 Å². The van der Waals surface area contributed by atoms with Crippen LogP contribution >= 0.6 is 24.0 Å². The molecule has 0 fully saturated rings. The first-order chi connectivity index (χ1) is 11.7. The quantitative estimate of drug-likeness (QED) is 0.318. The molecule has 0 saturated carbocycles. The van der Waals surface area contributed by atoms with E-state index in [1.54, 1.807) is 7.05 Å². The Morgan fingerprint density at radius 3 is 2.20 bits per heavy atom. The van der Waals surface area contributed by atoms with Crippen LogP contribution in [0, 0.1) is 0 Å². The van der Waals surface area contributed by atoms with Gasteiger partial charge in [0.05, 0.1) is 0 Å². The Bertz CT molecular complexity index is 710. The lowest BCUT2D eigenvalue weighted by Crippen LogP contribution is -2.36. The fourth-order valence-corrected chi connectivity index (χ4v) is 2.77. The molecule has 3 rings (SSSR count). The van der Waals surface area contributed by atoms with Crippen molar-refractivity contribution in [1.29, 1.82) is 0 Å². The molecule has 0 atom stereocenters. The van der Waals surface area contributed by atoms with Crippen LogP contribution in [0.5, 0.6) is 0 Å². The van der Waals surface area contributed by atoms with Crippen molar-refractivity contribution in [2.24, 2.45) is 12.0 Å². The maximum Gasteiger partial charge on any atom is 0.191 e. The van der Waals surface area contributed by atoms with Gasteiger partial charge in [0.15, 0.2) is 5.96 Å². The molecule has 5 nitrogen and oxygen atoms in total. The van der Waals surface area contributed by atoms with Crippen molar-refractivity contribution in [1.82, 2.24) is 15.2 Å². The Balaban J connectivity index is 0.00000225. The smallest absolute Gasteiger partial charge is 0.191 e. The summed E-state index contributed by atoms with van der Waals surface area (Å²) < 4.78 is 2.05. The van der Waals surface area contributed by atoms with E-state index < -0.39 is 0 Å². The zero-order chi connectivity index (χ0) is 16.8. The highest BCUT2D eigenvalue weighted by atomic mass is 127. The number of nitrogens with zero attached hydrogens (tertiary/aromatic N) is 3. The molecule has 1 aliphatic rings. The maximum absolute atomic E-state index is 4.28. The van der Waals surface area contributed by atoms with E-state index in [4.69, 9.17) is 0 Å². The molecule has 1 aromatic heterocycles. The second-order valence-electron chi connectivity index (χ2n) is 6.01. The summed E-state index contributed by atoms with van der Waals surface area (Å²) in [5.74, 6) is 0.812. The number of aryl methyl sites for hydroxylation is 1. The zero-order valence-corrected chi connectivity index (χ0v) is 17.1. The molecule has 0 saturated heterocycles. The van der Waals surface area contributed by atoms with Gasteiger partial charge in [-0.05, 0) is 29.3 Å². The van der Waals surface area contributed by atoms with Gasteiger partial charge in [-0.25, -0.2) is 0 Å². The highest BCUT2D eigenvalue weighted by molar-refractivity contribution is 14.0. The first-order valence-corrected chi connectivity index (χ1v) is 8.29. The maximum atomic E-state index is 4.28. The largest absolute Gasteiger partial charge is 0.364 e. The zero-order valence-electron chi connectivity index (χ0n) is 14.8. The highest BCUT2D eigenvalue weighted by Crippen LogP contribution is 2.17. The number of benzene rings is 1. The van der Waals surface area contributed by atoms with E-state index in [9.17, 15) is 0 Å². The Labute approximate surface area is 166 Å². The first-order valence-electron chi connectivity index (χ1n) is 8.29. The van der Waals surface area contributed by atoms with Crippen molar-refractivity contribution < 1.29 is 0 Å². The molecular formula is C19H26IN5. The first kappa shape index (κ1) is 19.4. The molecule has 0 bridgehead atoms. The molecule has 1 aliphatic heterocycles. The van der Waals surface area contributed by atoms with Gasteiger partial charge in [-0.3, -0.25) is 4.99 Å². The standard InChI is InChI=1S/C19H25N5.HI/c1-20-19(22-14-17-9-12-23(2)15-17)21-13-16-5-7-18(8-6-16)24-10-3-4-11-24;/h3-9,12,15H,10-11,13-14H2,1-2H3,(H2,20,21,22);1H. The van der Waals surface area contributed by atoms with Gasteiger partial charge >= 0.3 is 0 Å². The summed E-state index contributed by atoms with van der Waals surface area (Å²) in [5.41, 5.74) is 3.76. The van der Waals surface area contributed by atoms with Gasteiger partial charge < -0.3 is 20.1 Å². The summed E-state index contributed by atoms with van der Waals surface area (Å²) in [7, 11) is 3.82. The second kappa shape index (κ2) is 9.50. The molecule has 2 N–H and O–H groups in total. The van der Waals surface area contributed by atoms with Crippen molar-refractivity contribution in [2.75, 3.05) is 25.0 Å². The SMILES string of the molecule is CN=C(NCc1ccc(N2CC=CC2)cc1)NCc1ccn(C)c1.I. The van der Waals surface area contributed by atoms with Crippen molar-refractivity contribution >= 4 is 35.6 Å². The van der Waals surface area contributed by atoms with Gasteiger partial charge in [0.2, 0.25) is 0 Å². The predicted octanol–water partition coefficient (Wildman–Crippen LogP) is 2.88. The van der Waals surface area contributed by atoms with Crippen LogP contribution in [0.25, 0.3) is 0 Å². The minimum atomic E-state index is 0. The van der Waals surface area contributed by atoms with Gasteiger partial charge in [0, 0.05) is 58.4 Å². The van der Waals surface area contributed by atoms with E-state index in [2.05, 4.69) is 69.2 Å². The lowest BCUT2D eigenvalue weighted by Gasteiger charge is -2.18. The lowest BCUT2D eigenvalue weighted by atomic mass is 10.2. The van der Waals surface area contributed by atoms with Crippen LogP contribution in [0.1, 0.15) is 11.1 Å². The minimum Gasteiger partial charge on any atom is -0.364 e. The molecule has 134 valence electrons. The van der Waals surface area contributed by atoms with Gasteiger partial charge in [-0.1, -0.05) is 24.3 Å². The van der Waals surface area contributed by atoms with Crippen LogP contribution in [0.2, 0.25) is 0 Å². The van der Waals surface area contributed by atoms with E-state index in [-0.39, 0.29) is 24.0 Å². The van der Waals surface area contributed by atoms with E-state index in [1.165, 1.54) is 16.8 Å². The van der Waals surface area contributed by atoms with E-state index in [0.717, 1.165) is 32.1 Å². The Kier molecular flexibility index (Phi) is 7.36. The number of aromatic nitrogens is 1. The van der Waals surface area contributed by atoms with Crippen LogP contribution in [0.3, 0.4) is 0 Å². The van der Waals surface area contributed by atoms with Gasteiger partial charge in [-0.2, -0.15) is 0 Å². The van der Waals surface area contributed by atoms with Crippen LogP contribution in [0.15, 0.2) is 59.9 Å². The Morgan fingerprint density at radius 2 is 1.64 bits per heavy atom.